The maximum absolute atomic E-state index is 12.5. The number of allylic oxidation sites excluding steroid dienone is 1. The molecule has 2 rings (SSSR count). The molecule has 5 nitrogen and oxygen atoms in total. The quantitative estimate of drug-likeness (QED) is 0.578. The fourth-order valence-corrected chi connectivity index (χ4v) is 2.33. The molecule has 2 aromatic rings. The number of benzene rings is 2. The SMILES string of the molecule is CCOc1ccc(C=CC(=O)c2c(O)cc(OCC)cc2OC)cc1. The van der Waals surface area contributed by atoms with Crippen molar-refractivity contribution in [2.24, 2.45) is 0 Å². The van der Waals surface area contributed by atoms with Crippen LogP contribution in [0.3, 0.4) is 0 Å². The van der Waals surface area contributed by atoms with E-state index in [1.165, 1.54) is 19.3 Å². The van der Waals surface area contributed by atoms with Crippen molar-refractivity contribution in [1.82, 2.24) is 0 Å². The normalized spacial score (nSPS) is 10.7. The van der Waals surface area contributed by atoms with E-state index in [1.807, 2.05) is 38.1 Å². The summed E-state index contributed by atoms with van der Waals surface area (Å²) in [5.74, 6) is 0.959. The fourth-order valence-electron chi connectivity index (χ4n) is 2.33. The molecule has 0 aliphatic carbocycles. The lowest BCUT2D eigenvalue weighted by molar-refractivity contribution is 0.104. The molecular formula is C20H22O5. The number of carbonyl (C=O) groups is 1. The Bertz CT molecular complexity index is 747. The van der Waals surface area contributed by atoms with Crippen LogP contribution < -0.4 is 14.2 Å². The topological polar surface area (TPSA) is 65.0 Å². The molecule has 0 aromatic heterocycles. The molecule has 25 heavy (non-hydrogen) atoms. The van der Waals surface area contributed by atoms with Gasteiger partial charge in [0.15, 0.2) is 5.78 Å². The third-order valence-corrected chi connectivity index (χ3v) is 3.45. The maximum Gasteiger partial charge on any atom is 0.193 e. The van der Waals surface area contributed by atoms with Gasteiger partial charge < -0.3 is 19.3 Å². The van der Waals surface area contributed by atoms with Crippen LogP contribution in [0.2, 0.25) is 0 Å². The first-order valence-electron chi connectivity index (χ1n) is 8.08. The molecule has 0 radical (unpaired) electrons. The molecule has 0 unspecified atom stereocenters. The second kappa shape index (κ2) is 8.78. The molecule has 0 saturated heterocycles. The summed E-state index contributed by atoms with van der Waals surface area (Å²) >= 11 is 0. The average molecular weight is 342 g/mol. The molecule has 132 valence electrons. The third-order valence-electron chi connectivity index (χ3n) is 3.45. The zero-order valence-electron chi connectivity index (χ0n) is 14.6. The molecule has 0 amide bonds. The van der Waals surface area contributed by atoms with Gasteiger partial charge in [0, 0.05) is 12.1 Å². The van der Waals surface area contributed by atoms with Crippen molar-refractivity contribution in [1.29, 1.82) is 0 Å². The summed E-state index contributed by atoms with van der Waals surface area (Å²) in [5, 5.41) is 10.2. The zero-order valence-corrected chi connectivity index (χ0v) is 14.6. The van der Waals surface area contributed by atoms with Crippen LogP contribution in [0.1, 0.15) is 29.8 Å². The second-order valence-corrected chi connectivity index (χ2v) is 5.15. The average Bonchev–Trinajstić information content (AvgIpc) is 2.61. The van der Waals surface area contributed by atoms with Crippen LogP contribution in [0, 0.1) is 0 Å². The van der Waals surface area contributed by atoms with Gasteiger partial charge in [-0.15, -0.1) is 0 Å². The Labute approximate surface area is 147 Å². The molecule has 0 heterocycles. The number of ether oxygens (including phenoxy) is 3. The minimum absolute atomic E-state index is 0.105. The van der Waals surface area contributed by atoms with E-state index in [9.17, 15) is 9.90 Å². The van der Waals surface area contributed by atoms with E-state index in [1.54, 1.807) is 12.1 Å². The lowest BCUT2D eigenvalue weighted by Gasteiger charge is -2.11. The molecule has 0 aliphatic rings. The number of hydrogen-bond donors (Lipinski definition) is 1. The van der Waals surface area contributed by atoms with Crippen LogP contribution in [-0.2, 0) is 0 Å². The molecule has 0 spiro atoms. The summed E-state index contributed by atoms with van der Waals surface area (Å²) in [6.45, 7) is 4.81. The molecule has 0 saturated carbocycles. The maximum atomic E-state index is 12.5. The fraction of sp³-hybridized carbons (Fsp3) is 0.250. The van der Waals surface area contributed by atoms with Crippen molar-refractivity contribution in [3.8, 4) is 23.0 Å². The van der Waals surface area contributed by atoms with Gasteiger partial charge in [-0.3, -0.25) is 4.79 Å². The van der Waals surface area contributed by atoms with Crippen molar-refractivity contribution < 1.29 is 24.1 Å². The van der Waals surface area contributed by atoms with Gasteiger partial charge in [-0.25, -0.2) is 0 Å². The van der Waals surface area contributed by atoms with Gasteiger partial charge in [-0.1, -0.05) is 18.2 Å². The number of carbonyl (C=O) groups excluding carboxylic acids is 1. The number of hydrogen-bond acceptors (Lipinski definition) is 5. The monoisotopic (exact) mass is 342 g/mol. The minimum Gasteiger partial charge on any atom is -0.507 e. The first-order valence-corrected chi connectivity index (χ1v) is 8.08. The number of methoxy groups -OCH3 is 1. The summed E-state index contributed by atoms with van der Waals surface area (Å²) in [4.78, 5) is 12.5. The Morgan fingerprint density at radius 2 is 1.68 bits per heavy atom. The highest BCUT2D eigenvalue weighted by Crippen LogP contribution is 2.34. The highest BCUT2D eigenvalue weighted by Gasteiger charge is 2.17. The van der Waals surface area contributed by atoms with Crippen LogP contribution in [0.25, 0.3) is 6.08 Å². The largest absolute Gasteiger partial charge is 0.507 e. The molecule has 2 aromatic carbocycles. The van der Waals surface area contributed by atoms with Gasteiger partial charge in [0.25, 0.3) is 0 Å². The first-order chi connectivity index (χ1) is 12.1. The number of ketones is 1. The number of rotatable bonds is 8. The molecule has 0 atom stereocenters. The van der Waals surface area contributed by atoms with Gasteiger partial charge in [-0.05, 0) is 37.6 Å². The van der Waals surface area contributed by atoms with E-state index in [0.29, 0.717) is 19.0 Å². The van der Waals surface area contributed by atoms with Gasteiger partial charge in [0.05, 0.1) is 20.3 Å². The molecule has 1 N–H and O–H groups in total. The Kier molecular flexibility index (Phi) is 6.46. The van der Waals surface area contributed by atoms with Crippen LogP contribution >= 0.6 is 0 Å². The summed E-state index contributed by atoms with van der Waals surface area (Å²) in [6, 6.07) is 10.4. The lowest BCUT2D eigenvalue weighted by Crippen LogP contribution is -2.01. The number of phenolic OH excluding ortho intramolecular Hbond substituents is 1. The molecule has 0 fully saturated rings. The van der Waals surface area contributed by atoms with E-state index >= 15 is 0 Å². The second-order valence-electron chi connectivity index (χ2n) is 5.15. The molecule has 0 bridgehead atoms. The van der Waals surface area contributed by atoms with E-state index in [4.69, 9.17) is 14.2 Å². The van der Waals surface area contributed by atoms with Crippen molar-refractivity contribution in [2.45, 2.75) is 13.8 Å². The highest BCUT2D eigenvalue weighted by molar-refractivity contribution is 6.10. The smallest absolute Gasteiger partial charge is 0.193 e. The standard InChI is InChI=1S/C20H22O5/c1-4-24-15-9-6-14(7-10-15)8-11-17(21)20-18(22)12-16(25-5-2)13-19(20)23-3/h6-13,22H,4-5H2,1-3H3. The number of aromatic hydroxyl groups is 1. The van der Waals surface area contributed by atoms with E-state index in [2.05, 4.69) is 0 Å². The van der Waals surface area contributed by atoms with Crippen LogP contribution in [0.5, 0.6) is 23.0 Å². The lowest BCUT2D eigenvalue weighted by atomic mass is 10.1. The number of phenols is 1. The molecule has 0 aliphatic heterocycles. The Morgan fingerprint density at radius 3 is 2.28 bits per heavy atom. The van der Waals surface area contributed by atoms with E-state index < -0.39 is 0 Å². The molecule has 5 heteroatoms. The zero-order chi connectivity index (χ0) is 18.2. The highest BCUT2D eigenvalue weighted by atomic mass is 16.5. The van der Waals surface area contributed by atoms with Crippen LogP contribution in [-0.4, -0.2) is 31.2 Å². The predicted octanol–water partition coefficient (Wildman–Crippen LogP) is 4.09. The van der Waals surface area contributed by atoms with Crippen molar-refractivity contribution in [3.05, 3.63) is 53.6 Å². The summed E-state index contributed by atoms with van der Waals surface area (Å²) in [6.07, 6.45) is 3.07. The van der Waals surface area contributed by atoms with Gasteiger partial charge >= 0.3 is 0 Å². The summed E-state index contributed by atoms with van der Waals surface area (Å²) < 4.78 is 15.9. The summed E-state index contributed by atoms with van der Waals surface area (Å²) in [7, 11) is 1.44. The van der Waals surface area contributed by atoms with Crippen molar-refractivity contribution in [3.63, 3.8) is 0 Å². The predicted molar refractivity (Wildman–Crippen MR) is 96.8 cm³/mol. The van der Waals surface area contributed by atoms with Crippen LogP contribution in [0.15, 0.2) is 42.5 Å². The van der Waals surface area contributed by atoms with Crippen LogP contribution in [0.4, 0.5) is 0 Å². The van der Waals surface area contributed by atoms with E-state index in [-0.39, 0.29) is 22.8 Å². The van der Waals surface area contributed by atoms with Gasteiger partial charge in [0.2, 0.25) is 0 Å². The Morgan fingerprint density at radius 1 is 1.04 bits per heavy atom. The molecular weight excluding hydrogens is 320 g/mol. The Hall–Kier alpha value is -2.95. The van der Waals surface area contributed by atoms with E-state index in [0.717, 1.165) is 11.3 Å². The van der Waals surface area contributed by atoms with Crippen molar-refractivity contribution >= 4 is 11.9 Å². The summed E-state index contributed by atoms with van der Waals surface area (Å²) in [5.41, 5.74) is 0.953. The minimum atomic E-state index is -0.355. The van der Waals surface area contributed by atoms with Gasteiger partial charge in [-0.2, -0.15) is 0 Å². The van der Waals surface area contributed by atoms with Crippen molar-refractivity contribution in [2.75, 3.05) is 20.3 Å². The third kappa shape index (κ3) is 4.76. The van der Waals surface area contributed by atoms with Gasteiger partial charge in [0.1, 0.15) is 28.6 Å². The Balaban J connectivity index is 2.22. The first kappa shape index (κ1) is 18.4.